The van der Waals surface area contributed by atoms with Gasteiger partial charge in [0.25, 0.3) is 11.8 Å². The molecular weight excluding hydrogens is 598 g/mol. The molecule has 0 spiro atoms. The van der Waals surface area contributed by atoms with E-state index in [-0.39, 0.29) is 17.8 Å². The summed E-state index contributed by atoms with van der Waals surface area (Å²) in [7, 11) is 1.37. The second-order valence-corrected chi connectivity index (χ2v) is 12.5. The highest BCUT2D eigenvalue weighted by Crippen LogP contribution is 2.39. The van der Waals surface area contributed by atoms with Crippen LogP contribution in [-0.2, 0) is 41.7 Å². The van der Waals surface area contributed by atoms with Crippen molar-refractivity contribution in [2.75, 3.05) is 31.0 Å². The zero-order valence-electron chi connectivity index (χ0n) is 26.2. The Labute approximate surface area is 274 Å². The maximum atomic E-state index is 13.6. The van der Waals surface area contributed by atoms with E-state index in [0.29, 0.717) is 33.9 Å². The molecule has 2 amide bonds. The number of ether oxygens (including phenoxy) is 2. The molecule has 0 saturated carbocycles. The molecule has 1 aliphatic carbocycles. The molecule has 0 radical (unpaired) electrons. The summed E-state index contributed by atoms with van der Waals surface area (Å²) in [6.45, 7) is 2.35. The number of hydrogen-bond donors (Lipinski definition) is 3. The van der Waals surface area contributed by atoms with E-state index in [1.165, 1.54) is 36.2 Å². The highest BCUT2D eigenvalue weighted by molar-refractivity contribution is 7.17. The van der Waals surface area contributed by atoms with Crippen LogP contribution in [0.25, 0.3) is 0 Å². The van der Waals surface area contributed by atoms with Crippen LogP contribution in [-0.4, -0.2) is 38.1 Å². The van der Waals surface area contributed by atoms with Gasteiger partial charge in [-0.15, -0.1) is 11.3 Å². The lowest BCUT2D eigenvalue weighted by Crippen LogP contribution is -2.18. The normalized spacial score (nSPS) is 13.6. The number of benzene rings is 3. The number of amides is 2. The molecule has 2 heterocycles. The first kappa shape index (κ1) is 33.1. The molecule has 1 fully saturated rings. The van der Waals surface area contributed by atoms with Crippen molar-refractivity contribution in [2.45, 2.75) is 57.9 Å². The number of aryl methyl sites for hydroxylation is 3. The van der Waals surface area contributed by atoms with Crippen LogP contribution < -0.4 is 16.4 Å². The molecule has 0 atom stereocenters. The minimum Gasteiger partial charge on any atom is -0.465 e. The van der Waals surface area contributed by atoms with Crippen LogP contribution in [0.5, 0.6) is 0 Å². The topological polar surface area (TPSA) is 120 Å². The SMILES string of the molecule is C1CCOC1.COC(=O)c1ccc(CCc2ccc(NC(=O)c3c(NC(=O)c4cccc(CN)c4)sc4c3CCCC4)cc2)cc1. The smallest absolute Gasteiger partial charge is 0.337 e. The number of carbonyl (C=O) groups is 3. The quantitative estimate of drug-likeness (QED) is 0.170. The van der Waals surface area contributed by atoms with Gasteiger partial charge < -0.3 is 25.8 Å². The van der Waals surface area contributed by atoms with E-state index in [4.69, 9.17) is 15.2 Å². The van der Waals surface area contributed by atoms with Gasteiger partial charge in [-0.1, -0.05) is 36.4 Å². The van der Waals surface area contributed by atoms with Gasteiger partial charge in [0, 0.05) is 35.9 Å². The number of fused-ring (bicyclic) bond motifs is 1. The lowest BCUT2D eigenvalue weighted by molar-refractivity contribution is 0.0600. The maximum absolute atomic E-state index is 13.6. The number of nitrogens with two attached hydrogens (primary N) is 1. The van der Waals surface area contributed by atoms with Crippen LogP contribution in [0.15, 0.2) is 72.8 Å². The van der Waals surface area contributed by atoms with Gasteiger partial charge in [-0.2, -0.15) is 0 Å². The first-order chi connectivity index (χ1) is 22.4. The summed E-state index contributed by atoms with van der Waals surface area (Å²) in [5, 5.41) is 6.64. The van der Waals surface area contributed by atoms with E-state index >= 15 is 0 Å². The average molecular weight is 640 g/mol. The van der Waals surface area contributed by atoms with Crippen molar-refractivity contribution < 1.29 is 23.9 Å². The molecule has 1 aromatic heterocycles. The number of rotatable bonds is 9. The van der Waals surface area contributed by atoms with Crippen molar-refractivity contribution in [3.05, 3.63) is 117 Å². The third-order valence-electron chi connectivity index (χ3n) is 8.17. The number of carbonyl (C=O) groups excluding carboxylic acids is 3. The molecule has 4 aromatic rings. The number of hydrogen-bond acceptors (Lipinski definition) is 7. The van der Waals surface area contributed by atoms with Crippen molar-refractivity contribution in [2.24, 2.45) is 5.73 Å². The van der Waals surface area contributed by atoms with Crippen molar-refractivity contribution in [1.29, 1.82) is 0 Å². The van der Waals surface area contributed by atoms with Gasteiger partial charge >= 0.3 is 5.97 Å². The summed E-state index contributed by atoms with van der Waals surface area (Å²) in [5.74, 6) is -0.810. The van der Waals surface area contributed by atoms with Gasteiger partial charge in [0.15, 0.2) is 0 Å². The third-order valence-corrected chi connectivity index (χ3v) is 9.37. The van der Waals surface area contributed by atoms with Crippen LogP contribution in [0.2, 0.25) is 0 Å². The fraction of sp³-hybridized carbons (Fsp3) is 0.324. The van der Waals surface area contributed by atoms with Crippen molar-refractivity contribution in [3.63, 3.8) is 0 Å². The van der Waals surface area contributed by atoms with Gasteiger partial charge in [0.2, 0.25) is 0 Å². The zero-order valence-corrected chi connectivity index (χ0v) is 27.0. The predicted molar refractivity (Wildman–Crippen MR) is 183 cm³/mol. The Bertz CT molecular complexity index is 1640. The Morgan fingerprint density at radius 3 is 2.09 bits per heavy atom. The highest BCUT2D eigenvalue weighted by Gasteiger charge is 2.27. The van der Waals surface area contributed by atoms with Crippen molar-refractivity contribution in [1.82, 2.24) is 0 Å². The second kappa shape index (κ2) is 16.3. The molecular formula is C37H41N3O5S. The van der Waals surface area contributed by atoms with Gasteiger partial charge in [-0.05, 0) is 110 Å². The first-order valence-corrected chi connectivity index (χ1v) is 16.7. The van der Waals surface area contributed by atoms with E-state index in [9.17, 15) is 14.4 Å². The summed E-state index contributed by atoms with van der Waals surface area (Å²) in [6, 6.07) is 22.5. The molecule has 9 heteroatoms. The van der Waals surface area contributed by atoms with Crippen LogP contribution in [0, 0.1) is 0 Å². The molecule has 46 heavy (non-hydrogen) atoms. The fourth-order valence-electron chi connectivity index (χ4n) is 5.58. The number of anilines is 2. The zero-order chi connectivity index (χ0) is 32.3. The Balaban J connectivity index is 0.000000760. The molecule has 8 nitrogen and oxygen atoms in total. The lowest BCUT2D eigenvalue weighted by Gasteiger charge is -2.14. The number of nitrogens with one attached hydrogen (secondary N) is 2. The molecule has 6 rings (SSSR count). The Kier molecular flexibility index (Phi) is 11.7. The molecule has 3 aromatic carbocycles. The van der Waals surface area contributed by atoms with Crippen LogP contribution >= 0.6 is 11.3 Å². The number of methoxy groups -OCH3 is 1. The number of esters is 1. The van der Waals surface area contributed by atoms with E-state index in [1.54, 1.807) is 24.3 Å². The Morgan fingerprint density at radius 1 is 0.783 bits per heavy atom. The summed E-state index contributed by atoms with van der Waals surface area (Å²) >= 11 is 1.50. The Morgan fingerprint density at radius 2 is 1.46 bits per heavy atom. The summed E-state index contributed by atoms with van der Waals surface area (Å²) < 4.78 is 9.70. The highest BCUT2D eigenvalue weighted by atomic mass is 32.1. The third kappa shape index (κ3) is 8.69. The summed E-state index contributed by atoms with van der Waals surface area (Å²) in [4.78, 5) is 39.5. The van der Waals surface area contributed by atoms with E-state index in [1.807, 2.05) is 48.5 Å². The lowest BCUT2D eigenvalue weighted by atomic mass is 9.95. The minimum absolute atomic E-state index is 0.214. The standard InChI is InChI=1S/C33H33N3O4S.C4H8O/c1-40-33(39)24-15-11-21(12-16-24)9-10-22-13-17-26(18-14-22)35-31(38)29-27-7-2-3-8-28(27)41-32(29)36-30(37)25-6-4-5-23(19-25)20-34;1-2-4-5-3-1/h4-6,11-19H,2-3,7-10,20,34H2,1H3,(H,35,38)(H,36,37);1-4H2. The van der Waals surface area contributed by atoms with E-state index < -0.39 is 0 Å². The molecule has 0 unspecified atom stereocenters. The van der Waals surface area contributed by atoms with Crippen LogP contribution in [0.4, 0.5) is 10.7 Å². The van der Waals surface area contributed by atoms with Gasteiger partial charge in [0.05, 0.1) is 18.2 Å². The first-order valence-electron chi connectivity index (χ1n) is 15.9. The Hall–Kier alpha value is -4.31. The largest absolute Gasteiger partial charge is 0.465 e. The van der Waals surface area contributed by atoms with Crippen molar-refractivity contribution >= 4 is 39.8 Å². The van der Waals surface area contributed by atoms with Crippen molar-refractivity contribution in [3.8, 4) is 0 Å². The fourth-order valence-corrected chi connectivity index (χ4v) is 6.86. The van der Waals surface area contributed by atoms with E-state index in [0.717, 1.165) is 74.0 Å². The summed E-state index contributed by atoms with van der Waals surface area (Å²) in [6.07, 6.45) is 8.05. The van der Waals surface area contributed by atoms with Gasteiger partial charge in [-0.3, -0.25) is 9.59 Å². The second-order valence-electron chi connectivity index (χ2n) is 11.4. The maximum Gasteiger partial charge on any atom is 0.337 e. The van der Waals surface area contributed by atoms with Gasteiger partial charge in [0.1, 0.15) is 5.00 Å². The van der Waals surface area contributed by atoms with Gasteiger partial charge in [-0.25, -0.2) is 4.79 Å². The van der Waals surface area contributed by atoms with Crippen LogP contribution in [0.3, 0.4) is 0 Å². The average Bonchev–Trinajstić information content (AvgIpc) is 3.80. The molecule has 0 bridgehead atoms. The predicted octanol–water partition coefficient (Wildman–Crippen LogP) is 6.96. The monoisotopic (exact) mass is 639 g/mol. The van der Waals surface area contributed by atoms with E-state index in [2.05, 4.69) is 10.6 Å². The molecule has 2 aliphatic rings. The molecule has 1 saturated heterocycles. The molecule has 240 valence electrons. The van der Waals surface area contributed by atoms with Crippen LogP contribution in [0.1, 0.15) is 83.9 Å². The molecule has 4 N–H and O–H groups in total. The number of thiophene rings is 1. The summed E-state index contributed by atoms with van der Waals surface area (Å²) in [5.41, 5.74) is 12.2. The minimum atomic E-state index is -0.344. The molecule has 1 aliphatic heterocycles.